The van der Waals surface area contributed by atoms with Gasteiger partial charge in [-0.15, -0.1) is 0 Å². The van der Waals surface area contributed by atoms with E-state index in [1.54, 1.807) is 48.5 Å². The highest BCUT2D eigenvalue weighted by atomic mass is 16.5. The Morgan fingerprint density at radius 3 is 1.03 bits per heavy atom. The SMILES string of the molecule is CCCCCCCCCCCCOc1ccc(NC(=O)c2cc(N=Nc3cc(C(N)=O)cc(C(=O)Nc4ccc(OCCCCCCCCCCCC)cc4)c3)cc(C(N)=O)c2)cc1. The summed E-state index contributed by atoms with van der Waals surface area (Å²) in [5.41, 5.74) is 12.9. The Morgan fingerprint density at radius 1 is 0.422 bits per heavy atom. The van der Waals surface area contributed by atoms with Gasteiger partial charge in [0.15, 0.2) is 0 Å². The molecular weight excluding hydrogens is 805 g/mol. The number of azo groups is 1. The smallest absolute Gasteiger partial charge is 0.255 e. The van der Waals surface area contributed by atoms with Crippen molar-refractivity contribution in [2.75, 3.05) is 23.8 Å². The zero-order valence-electron chi connectivity index (χ0n) is 38.1. The first kappa shape index (κ1) is 50.6. The van der Waals surface area contributed by atoms with E-state index in [9.17, 15) is 19.2 Å². The van der Waals surface area contributed by atoms with Crippen molar-refractivity contribution in [1.29, 1.82) is 0 Å². The van der Waals surface area contributed by atoms with Gasteiger partial charge in [0.1, 0.15) is 11.5 Å². The zero-order valence-corrected chi connectivity index (χ0v) is 38.1. The summed E-state index contributed by atoms with van der Waals surface area (Å²) in [5, 5.41) is 14.1. The Balaban J connectivity index is 1.29. The van der Waals surface area contributed by atoms with Crippen LogP contribution in [0.15, 0.2) is 95.2 Å². The number of anilines is 2. The van der Waals surface area contributed by atoms with E-state index in [-0.39, 0.29) is 33.6 Å². The van der Waals surface area contributed by atoms with Gasteiger partial charge < -0.3 is 31.6 Å². The van der Waals surface area contributed by atoms with Crippen LogP contribution in [0.25, 0.3) is 0 Å². The summed E-state index contributed by atoms with van der Waals surface area (Å²) < 4.78 is 11.8. The molecule has 4 aromatic carbocycles. The highest BCUT2D eigenvalue weighted by Crippen LogP contribution is 2.26. The van der Waals surface area contributed by atoms with Gasteiger partial charge in [-0.05, 0) is 97.8 Å². The third kappa shape index (κ3) is 19.6. The number of hydrogen-bond acceptors (Lipinski definition) is 8. The molecule has 0 aliphatic carbocycles. The minimum atomic E-state index is -0.765. The lowest BCUT2D eigenvalue weighted by Gasteiger charge is -2.10. The molecule has 4 aromatic rings. The van der Waals surface area contributed by atoms with E-state index in [0.29, 0.717) is 36.1 Å². The Hall–Kier alpha value is -6.04. The molecule has 0 aromatic heterocycles. The highest BCUT2D eigenvalue weighted by molar-refractivity contribution is 6.07. The van der Waals surface area contributed by atoms with E-state index in [0.717, 1.165) is 25.7 Å². The summed E-state index contributed by atoms with van der Waals surface area (Å²) in [6.07, 6.45) is 25.1. The van der Waals surface area contributed by atoms with Gasteiger partial charge in [-0.2, -0.15) is 10.2 Å². The van der Waals surface area contributed by atoms with Crippen LogP contribution in [0.2, 0.25) is 0 Å². The monoisotopic (exact) mass is 875 g/mol. The van der Waals surface area contributed by atoms with Gasteiger partial charge >= 0.3 is 0 Å². The third-order valence-electron chi connectivity index (χ3n) is 11.0. The van der Waals surface area contributed by atoms with Crippen molar-refractivity contribution in [2.45, 2.75) is 142 Å². The second-order valence-corrected chi connectivity index (χ2v) is 16.5. The maximum absolute atomic E-state index is 13.4. The molecule has 12 nitrogen and oxygen atoms in total. The molecule has 0 fully saturated rings. The highest BCUT2D eigenvalue weighted by Gasteiger charge is 2.15. The van der Waals surface area contributed by atoms with E-state index >= 15 is 0 Å². The first-order valence-corrected chi connectivity index (χ1v) is 23.5. The van der Waals surface area contributed by atoms with Gasteiger partial charge in [-0.1, -0.05) is 129 Å². The van der Waals surface area contributed by atoms with Gasteiger partial charge in [0.05, 0.1) is 24.6 Å². The number of carbonyl (C=O) groups excluding carboxylic acids is 4. The maximum Gasteiger partial charge on any atom is 0.255 e. The topological polar surface area (TPSA) is 188 Å². The summed E-state index contributed by atoms with van der Waals surface area (Å²) in [4.78, 5) is 51.2. The molecule has 6 N–H and O–H groups in total. The van der Waals surface area contributed by atoms with Gasteiger partial charge in [0.25, 0.3) is 11.8 Å². The first-order valence-electron chi connectivity index (χ1n) is 23.5. The van der Waals surface area contributed by atoms with Crippen LogP contribution < -0.4 is 31.6 Å². The van der Waals surface area contributed by atoms with Crippen LogP contribution >= 0.6 is 0 Å². The second kappa shape index (κ2) is 29.3. The van der Waals surface area contributed by atoms with Gasteiger partial charge in [-0.3, -0.25) is 19.2 Å². The molecule has 0 spiro atoms. The van der Waals surface area contributed by atoms with Crippen LogP contribution in [0, 0.1) is 0 Å². The summed E-state index contributed by atoms with van der Waals surface area (Å²) >= 11 is 0. The fraction of sp³-hybridized carbons (Fsp3) is 0.462. The number of primary amides is 2. The molecule has 344 valence electrons. The lowest BCUT2D eigenvalue weighted by molar-refractivity contribution is 0.0990. The number of rotatable bonds is 32. The van der Waals surface area contributed by atoms with Crippen molar-refractivity contribution >= 4 is 46.4 Å². The van der Waals surface area contributed by atoms with E-state index in [1.165, 1.54) is 139 Å². The molecule has 4 rings (SSSR count). The quantitative estimate of drug-likeness (QED) is 0.0279. The molecule has 0 bridgehead atoms. The molecule has 0 saturated heterocycles. The van der Waals surface area contributed by atoms with Crippen molar-refractivity contribution < 1.29 is 28.7 Å². The fourth-order valence-corrected chi connectivity index (χ4v) is 7.23. The predicted molar refractivity (Wildman–Crippen MR) is 258 cm³/mol. The molecule has 0 heterocycles. The molecule has 0 saturated carbocycles. The van der Waals surface area contributed by atoms with Crippen LogP contribution in [0.1, 0.15) is 184 Å². The standard InChI is InChI=1S/C52H70N6O6/c1-3-5-7-9-11-13-15-17-19-21-31-63-47-27-23-43(24-28-47)55-51(61)41-33-39(49(53)59)35-45(37-41)57-58-46-36-40(50(54)60)34-42(38-46)52(62)56-44-25-29-48(30-26-44)64-32-22-20-18-16-14-12-10-8-6-4-2/h23-30,33-38H,3-22,31-32H2,1-2H3,(H2,53,59)(H2,54,60)(H,55,61)(H,56,62). The molecule has 12 heteroatoms. The Kier molecular flexibility index (Phi) is 23.2. The molecule has 0 aliphatic rings. The second-order valence-electron chi connectivity index (χ2n) is 16.5. The Labute approximate surface area is 380 Å². The molecular formula is C52H70N6O6. The third-order valence-corrected chi connectivity index (χ3v) is 11.0. The zero-order chi connectivity index (χ0) is 45.8. The summed E-state index contributed by atoms with van der Waals surface area (Å²) in [6, 6.07) is 22.6. The van der Waals surface area contributed by atoms with E-state index in [1.807, 2.05) is 0 Å². The van der Waals surface area contributed by atoms with Crippen molar-refractivity contribution in [1.82, 2.24) is 0 Å². The largest absolute Gasteiger partial charge is 0.494 e. The first-order chi connectivity index (χ1) is 31.1. The number of nitrogens with two attached hydrogens (primary N) is 2. The number of unbranched alkanes of at least 4 members (excludes halogenated alkanes) is 18. The lowest BCUT2D eigenvalue weighted by atomic mass is 10.1. The van der Waals surface area contributed by atoms with Crippen molar-refractivity contribution in [2.24, 2.45) is 21.7 Å². The van der Waals surface area contributed by atoms with Gasteiger partial charge in [0, 0.05) is 33.6 Å². The number of benzene rings is 4. The maximum atomic E-state index is 13.4. The average Bonchev–Trinajstić information content (AvgIpc) is 3.30. The molecule has 4 amide bonds. The van der Waals surface area contributed by atoms with E-state index in [2.05, 4.69) is 34.7 Å². The van der Waals surface area contributed by atoms with Gasteiger partial charge in [0.2, 0.25) is 11.8 Å². The predicted octanol–water partition coefficient (Wildman–Crippen LogP) is 13.4. The van der Waals surface area contributed by atoms with E-state index in [4.69, 9.17) is 20.9 Å². The van der Waals surface area contributed by atoms with E-state index < -0.39 is 23.6 Å². The summed E-state index contributed by atoms with van der Waals surface area (Å²) in [6.45, 7) is 5.74. The summed E-state index contributed by atoms with van der Waals surface area (Å²) in [7, 11) is 0. The van der Waals surface area contributed by atoms with Crippen LogP contribution in [0.5, 0.6) is 11.5 Å². The normalized spacial score (nSPS) is 11.1. The molecule has 0 radical (unpaired) electrons. The van der Waals surface area contributed by atoms with Crippen LogP contribution in [-0.2, 0) is 0 Å². The number of ether oxygens (including phenoxy) is 2. The van der Waals surface area contributed by atoms with Crippen molar-refractivity contribution in [3.63, 3.8) is 0 Å². The molecule has 0 atom stereocenters. The Morgan fingerprint density at radius 2 is 0.719 bits per heavy atom. The Bertz CT molecular complexity index is 1920. The molecule has 0 unspecified atom stereocenters. The number of nitrogens with zero attached hydrogens (tertiary/aromatic N) is 2. The number of amides is 4. The van der Waals surface area contributed by atoms with Crippen LogP contribution in [-0.4, -0.2) is 36.8 Å². The number of nitrogens with one attached hydrogen (secondary N) is 2. The lowest BCUT2D eigenvalue weighted by Crippen LogP contribution is -2.15. The number of carbonyl (C=O) groups is 4. The minimum absolute atomic E-state index is 0.0403. The van der Waals surface area contributed by atoms with Crippen molar-refractivity contribution in [3.05, 3.63) is 107 Å². The molecule has 64 heavy (non-hydrogen) atoms. The fourth-order valence-electron chi connectivity index (χ4n) is 7.23. The van der Waals surface area contributed by atoms with Crippen LogP contribution in [0.3, 0.4) is 0 Å². The summed E-state index contributed by atoms with van der Waals surface area (Å²) in [5.74, 6) is -1.11. The van der Waals surface area contributed by atoms with Gasteiger partial charge in [-0.25, -0.2) is 0 Å². The molecule has 0 aliphatic heterocycles. The number of hydrogen-bond donors (Lipinski definition) is 4. The van der Waals surface area contributed by atoms with Crippen molar-refractivity contribution in [3.8, 4) is 11.5 Å². The average molecular weight is 875 g/mol. The van der Waals surface area contributed by atoms with Crippen LogP contribution in [0.4, 0.5) is 22.7 Å². The minimum Gasteiger partial charge on any atom is -0.494 e.